The molecule has 3 nitrogen and oxygen atoms in total. The fraction of sp³-hybridized carbons (Fsp3) is 0.435. The summed E-state index contributed by atoms with van der Waals surface area (Å²) in [7, 11) is 0. The first-order valence-electron chi connectivity index (χ1n) is 10.6. The van der Waals surface area contributed by atoms with Crippen molar-refractivity contribution in [1.82, 2.24) is 0 Å². The number of benzene rings is 2. The summed E-state index contributed by atoms with van der Waals surface area (Å²) < 4.78 is 135. The third-order valence-electron chi connectivity index (χ3n) is 6.27. The highest BCUT2D eigenvalue weighted by Crippen LogP contribution is 2.49. The molecule has 0 unspecified atom stereocenters. The number of carboxylic acid groups (broad SMARTS) is 1. The van der Waals surface area contributed by atoms with Gasteiger partial charge in [-0.1, -0.05) is 6.92 Å². The van der Waals surface area contributed by atoms with Crippen LogP contribution in [-0.4, -0.2) is 23.9 Å². The molecule has 2 aromatic rings. The van der Waals surface area contributed by atoms with E-state index in [-0.39, 0.29) is 30.2 Å². The lowest BCUT2D eigenvalue weighted by molar-refractivity contribution is -0.143. The van der Waals surface area contributed by atoms with Gasteiger partial charge < -0.3 is 5.11 Å². The van der Waals surface area contributed by atoms with Gasteiger partial charge in [0.05, 0.1) is 29.1 Å². The summed E-state index contributed by atoms with van der Waals surface area (Å²) >= 11 is 0. The average molecular weight is 531 g/mol. The number of anilines is 1. The zero-order valence-electron chi connectivity index (χ0n) is 18.4. The van der Waals surface area contributed by atoms with Crippen molar-refractivity contribution >= 4 is 11.8 Å². The molecule has 0 saturated heterocycles. The Hall–Kier alpha value is -2.99. The summed E-state index contributed by atoms with van der Waals surface area (Å²) in [5.74, 6) is -3.04. The minimum Gasteiger partial charge on any atom is -0.465 e. The summed E-state index contributed by atoms with van der Waals surface area (Å²) in [6, 6.07) is 1.70. The van der Waals surface area contributed by atoms with Crippen LogP contribution in [0.25, 0.3) is 0 Å². The van der Waals surface area contributed by atoms with Gasteiger partial charge in [0.25, 0.3) is 0 Å². The summed E-state index contributed by atoms with van der Waals surface area (Å²) in [6.07, 6.45) is -17.0. The minimum absolute atomic E-state index is 0.110. The quantitative estimate of drug-likeness (QED) is 0.404. The number of fused-ring (bicyclic) bond motifs is 1. The molecule has 0 aromatic heterocycles. The highest BCUT2D eigenvalue weighted by Gasteiger charge is 2.43. The molecule has 3 rings (SSSR count). The van der Waals surface area contributed by atoms with E-state index in [1.54, 1.807) is 6.92 Å². The van der Waals surface area contributed by atoms with Gasteiger partial charge in [-0.2, -0.15) is 39.5 Å². The first-order valence-corrected chi connectivity index (χ1v) is 10.6. The molecule has 1 heterocycles. The minimum atomic E-state index is -5.21. The number of hydrogen-bond acceptors (Lipinski definition) is 1. The van der Waals surface area contributed by atoms with E-state index in [4.69, 9.17) is 0 Å². The van der Waals surface area contributed by atoms with E-state index in [1.807, 2.05) is 0 Å². The Kier molecular flexibility index (Phi) is 7.26. The molecular formula is C23H19F10NO2. The first-order chi connectivity index (χ1) is 16.5. The van der Waals surface area contributed by atoms with Gasteiger partial charge in [-0.05, 0) is 66.3 Å². The summed E-state index contributed by atoms with van der Waals surface area (Å²) in [5.41, 5.74) is -5.86. The molecule has 1 N–H and O–H groups in total. The Morgan fingerprint density at radius 1 is 0.917 bits per heavy atom. The number of rotatable bonds is 4. The molecule has 198 valence electrons. The van der Waals surface area contributed by atoms with Crippen LogP contribution in [0.15, 0.2) is 36.4 Å². The second-order valence-electron chi connectivity index (χ2n) is 8.43. The predicted octanol–water partition coefficient (Wildman–Crippen LogP) is 8.25. The zero-order chi connectivity index (χ0) is 27.2. The molecule has 0 aliphatic carbocycles. The van der Waals surface area contributed by atoms with E-state index in [2.05, 4.69) is 0 Å². The summed E-state index contributed by atoms with van der Waals surface area (Å²) in [6.45, 7) is 0.0473. The van der Waals surface area contributed by atoms with Crippen molar-refractivity contribution in [2.24, 2.45) is 0 Å². The third kappa shape index (κ3) is 5.39. The van der Waals surface area contributed by atoms with Crippen molar-refractivity contribution in [1.29, 1.82) is 0 Å². The topological polar surface area (TPSA) is 40.5 Å². The molecule has 36 heavy (non-hydrogen) atoms. The largest absolute Gasteiger partial charge is 0.465 e. The normalized spacial score (nSPS) is 19.7. The summed E-state index contributed by atoms with van der Waals surface area (Å²) in [5, 5.41) is 9.65. The Labute approximate surface area is 198 Å². The fourth-order valence-electron chi connectivity index (χ4n) is 4.58. The van der Waals surface area contributed by atoms with E-state index < -0.39 is 71.4 Å². The van der Waals surface area contributed by atoms with Gasteiger partial charge in [0.2, 0.25) is 0 Å². The van der Waals surface area contributed by atoms with Crippen LogP contribution in [0.1, 0.15) is 59.4 Å². The first kappa shape index (κ1) is 27.6. The van der Waals surface area contributed by atoms with E-state index in [0.717, 1.165) is 11.0 Å². The monoisotopic (exact) mass is 531 g/mol. The summed E-state index contributed by atoms with van der Waals surface area (Å²) in [4.78, 5) is 12.7. The van der Waals surface area contributed by atoms with E-state index in [1.165, 1.54) is 0 Å². The van der Waals surface area contributed by atoms with Crippen LogP contribution in [0.3, 0.4) is 0 Å². The second-order valence-corrected chi connectivity index (χ2v) is 8.43. The maximum Gasteiger partial charge on any atom is 0.416 e. The average Bonchev–Trinajstić information content (AvgIpc) is 2.76. The van der Waals surface area contributed by atoms with Gasteiger partial charge in [0.1, 0.15) is 0 Å². The Balaban J connectivity index is 2.27. The van der Waals surface area contributed by atoms with Crippen LogP contribution in [-0.2, 0) is 18.5 Å². The molecule has 0 fully saturated rings. The second kappa shape index (κ2) is 9.47. The molecule has 0 bridgehead atoms. The molecule has 13 heteroatoms. The maximum absolute atomic E-state index is 14.4. The lowest BCUT2D eigenvalue weighted by Gasteiger charge is -2.42. The van der Waals surface area contributed by atoms with E-state index >= 15 is 0 Å². The standard InChI is InChI=1S/C23H19F10NO2/c1-2-15-9-16(17-8-12(21(25,26)27)3-4-19(17)34(15)20(35)36)18(10-24)11-5-13(22(28,29)30)7-14(6-11)23(31,32)33/h3-8,15-16,18H,2,9-10H2,1H3,(H,35,36)/t15-,16-,18-/m1/s1. The maximum atomic E-state index is 14.4. The van der Waals surface area contributed by atoms with Gasteiger partial charge in [0, 0.05) is 12.0 Å². The highest BCUT2D eigenvalue weighted by atomic mass is 19.4. The highest BCUT2D eigenvalue weighted by molar-refractivity contribution is 5.89. The van der Waals surface area contributed by atoms with Crippen LogP contribution >= 0.6 is 0 Å². The number of carbonyl (C=O) groups is 1. The van der Waals surface area contributed by atoms with Crippen LogP contribution in [0.2, 0.25) is 0 Å². The number of amides is 1. The van der Waals surface area contributed by atoms with Crippen molar-refractivity contribution in [2.45, 2.75) is 56.2 Å². The zero-order valence-corrected chi connectivity index (χ0v) is 18.4. The number of alkyl halides is 10. The molecule has 0 radical (unpaired) electrons. The van der Waals surface area contributed by atoms with Crippen molar-refractivity contribution in [2.75, 3.05) is 11.6 Å². The Morgan fingerprint density at radius 3 is 1.86 bits per heavy atom. The molecule has 0 saturated carbocycles. The van der Waals surface area contributed by atoms with Crippen molar-refractivity contribution < 1.29 is 53.8 Å². The third-order valence-corrected chi connectivity index (χ3v) is 6.27. The lowest BCUT2D eigenvalue weighted by Crippen LogP contribution is -2.45. The predicted molar refractivity (Wildman–Crippen MR) is 109 cm³/mol. The van der Waals surface area contributed by atoms with Crippen molar-refractivity contribution in [3.8, 4) is 0 Å². The van der Waals surface area contributed by atoms with Gasteiger partial charge in [-0.3, -0.25) is 9.29 Å². The Morgan fingerprint density at radius 2 is 1.44 bits per heavy atom. The van der Waals surface area contributed by atoms with Crippen LogP contribution in [0.5, 0.6) is 0 Å². The van der Waals surface area contributed by atoms with Gasteiger partial charge >= 0.3 is 24.6 Å². The Bertz CT molecular complexity index is 1090. The fourth-order valence-corrected chi connectivity index (χ4v) is 4.58. The van der Waals surface area contributed by atoms with Crippen LogP contribution in [0.4, 0.5) is 54.4 Å². The van der Waals surface area contributed by atoms with Gasteiger partial charge in [-0.25, -0.2) is 4.79 Å². The molecule has 1 aliphatic rings. The molecule has 1 amide bonds. The molecule has 0 spiro atoms. The van der Waals surface area contributed by atoms with E-state index in [9.17, 15) is 53.8 Å². The van der Waals surface area contributed by atoms with Crippen molar-refractivity contribution in [3.63, 3.8) is 0 Å². The van der Waals surface area contributed by atoms with Gasteiger partial charge in [0.15, 0.2) is 0 Å². The molecule has 3 atom stereocenters. The number of hydrogen-bond donors (Lipinski definition) is 1. The number of nitrogens with zero attached hydrogens (tertiary/aromatic N) is 1. The SMILES string of the molecule is CC[C@@H]1C[C@@H]([C@H](CF)c2cc(C(F)(F)F)cc(C(F)(F)F)c2)c2cc(C(F)(F)F)ccc2N1C(=O)O. The number of halogens is 10. The molecule has 2 aromatic carbocycles. The van der Waals surface area contributed by atoms with Crippen LogP contribution < -0.4 is 4.90 Å². The molecular weight excluding hydrogens is 512 g/mol. The smallest absolute Gasteiger partial charge is 0.416 e. The molecule has 1 aliphatic heterocycles. The lowest BCUT2D eigenvalue weighted by atomic mass is 9.74. The van der Waals surface area contributed by atoms with E-state index in [0.29, 0.717) is 24.3 Å². The van der Waals surface area contributed by atoms with Crippen molar-refractivity contribution in [3.05, 3.63) is 64.2 Å². The van der Waals surface area contributed by atoms with Crippen LogP contribution in [0, 0.1) is 0 Å². The van der Waals surface area contributed by atoms with Gasteiger partial charge in [-0.15, -0.1) is 0 Å².